The molecule has 6 heteroatoms. The molecule has 1 aliphatic rings. The molecule has 1 amide bonds. The fourth-order valence-electron chi connectivity index (χ4n) is 2.78. The number of hydrogen-bond acceptors (Lipinski definition) is 5. The minimum Gasteiger partial charge on any atom is -0.350 e. The Hall–Kier alpha value is -1.95. The maximum atomic E-state index is 12.2. The van der Waals surface area contributed by atoms with Gasteiger partial charge in [0.2, 0.25) is 0 Å². The summed E-state index contributed by atoms with van der Waals surface area (Å²) in [6.45, 7) is 4.05. The van der Waals surface area contributed by atoms with Crippen molar-refractivity contribution >= 4 is 38.3 Å². The van der Waals surface area contributed by atoms with Crippen LogP contribution >= 0.6 is 11.3 Å². The minimum absolute atomic E-state index is 0.130. The van der Waals surface area contributed by atoms with Gasteiger partial charge in [0.25, 0.3) is 5.91 Å². The predicted octanol–water partition coefficient (Wildman–Crippen LogP) is 3.78. The summed E-state index contributed by atoms with van der Waals surface area (Å²) in [5.74, 6) is 0.535. The largest absolute Gasteiger partial charge is 0.350 e. The number of aromatic nitrogens is 1. The average molecular weight is 330 g/mol. The minimum atomic E-state index is -0.374. The summed E-state index contributed by atoms with van der Waals surface area (Å²) in [4.78, 5) is 16.7. The van der Waals surface area contributed by atoms with Crippen LogP contribution in [0.2, 0.25) is 0 Å². The lowest BCUT2D eigenvalue weighted by Gasteiger charge is -2.19. The van der Waals surface area contributed by atoms with Gasteiger partial charge in [-0.3, -0.25) is 4.79 Å². The van der Waals surface area contributed by atoms with Crippen molar-refractivity contribution in [2.45, 2.75) is 45.6 Å². The van der Waals surface area contributed by atoms with Crippen LogP contribution in [0, 0.1) is 5.92 Å². The van der Waals surface area contributed by atoms with E-state index in [9.17, 15) is 4.79 Å². The van der Waals surface area contributed by atoms with Crippen molar-refractivity contribution in [2.24, 2.45) is 11.0 Å². The van der Waals surface area contributed by atoms with Gasteiger partial charge in [-0.05, 0) is 50.7 Å². The fourth-order valence-corrected chi connectivity index (χ4v) is 3.73. The number of carbonyl (C=O) groups is 1. The molecule has 1 aromatic heterocycles. The molecule has 0 aliphatic heterocycles. The van der Waals surface area contributed by atoms with Crippen LogP contribution in [-0.2, 0) is 4.79 Å². The molecule has 0 unspecified atom stereocenters. The third kappa shape index (κ3) is 4.07. The van der Waals surface area contributed by atoms with Crippen molar-refractivity contribution in [2.75, 3.05) is 5.32 Å². The Morgan fingerprint density at radius 2 is 2.26 bits per heavy atom. The monoisotopic (exact) mass is 330 g/mol. The van der Waals surface area contributed by atoms with Crippen LogP contribution in [0.1, 0.15) is 39.5 Å². The molecule has 0 bridgehead atoms. The van der Waals surface area contributed by atoms with E-state index in [4.69, 9.17) is 0 Å². The quantitative estimate of drug-likeness (QED) is 0.838. The third-order valence-corrected chi connectivity index (χ3v) is 5.07. The van der Waals surface area contributed by atoms with Gasteiger partial charge in [0, 0.05) is 5.71 Å². The molecule has 0 saturated heterocycles. The van der Waals surface area contributed by atoms with Gasteiger partial charge in [-0.15, -0.1) is 0 Å². The lowest BCUT2D eigenvalue weighted by molar-refractivity contribution is -0.121. The number of benzene rings is 1. The number of fused-ring (bicyclic) bond motifs is 1. The molecular formula is C17H22N4OS. The van der Waals surface area contributed by atoms with Crippen molar-refractivity contribution in [3.63, 3.8) is 0 Å². The van der Waals surface area contributed by atoms with Crippen LogP contribution < -0.4 is 10.7 Å². The number of para-hydroxylation sites is 1. The lowest BCUT2D eigenvalue weighted by Crippen LogP contribution is -2.35. The number of nitrogens with zero attached hydrogens (tertiary/aromatic N) is 2. The summed E-state index contributed by atoms with van der Waals surface area (Å²) >= 11 is 1.55. The zero-order valence-corrected chi connectivity index (χ0v) is 14.3. The zero-order valence-electron chi connectivity index (χ0n) is 13.5. The second kappa shape index (κ2) is 7.08. The second-order valence-electron chi connectivity index (χ2n) is 6.21. The maximum absolute atomic E-state index is 12.2. The molecular weight excluding hydrogens is 308 g/mol. The molecule has 0 radical (unpaired) electrons. The van der Waals surface area contributed by atoms with E-state index in [0.29, 0.717) is 5.92 Å². The van der Waals surface area contributed by atoms with Crippen molar-refractivity contribution in [3.05, 3.63) is 24.3 Å². The summed E-state index contributed by atoms with van der Waals surface area (Å²) in [6, 6.07) is 7.57. The molecule has 1 saturated carbocycles. The molecule has 1 heterocycles. The van der Waals surface area contributed by atoms with Crippen molar-refractivity contribution in [1.29, 1.82) is 0 Å². The summed E-state index contributed by atoms with van der Waals surface area (Å²) in [5.41, 5.74) is 4.74. The number of hydrazone groups is 1. The number of amides is 1. The number of hydrogen-bond donors (Lipinski definition) is 2. The number of anilines is 1. The Kier molecular flexibility index (Phi) is 4.91. The van der Waals surface area contributed by atoms with Crippen molar-refractivity contribution in [1.82, 2.24) is 10.4 Å². The number of carbonyl (C=O) groups excluding carboxylic acids is 1. The first-order valence-electron chi connectivity index (χ1n) is 8.09. The van der Waals surface area contributed by atoms with Crippen LogP contribution in [-0.4, -0.2) is 22.6 Å². The summed E-state index contributed by atoms with van der Waals surface area (Å²) in [7, 11) is 0. The smallest absolute Gasteiger partial charge is 0.262 e. The van der Waals surface area contributed by atoms with Crippen LogP contribution in [0.25, 0.3) is 10.2 Å². The SMILES string of the molecule is C[C@H]1CCC/C(=N\NC(=O)[C@@H](C)Nc2nc3ccccc3s2)C1. The van der Waals surface area contributed by atoms with E-state index >= 15 is 0 Å². The Balaban J connectivity index is 1.57. The second-order valence-corrected chi connectivity index (χ2v) is 7.24. The fraction of sp³-hybridized carbons (Fsp3) is 0.471. The van der Waals surface area contributed by atoms with Gasteiger partial charge in [-0.1, -0.05) is 30.4 Å². The van der Waals surface area contributed by atoms with Crippen LogP contribution in [0.5, 0.6) is 0 Å². The molecule has 2 N–H and O–H groups in total. The van der Waals surface area contributed by atoms with Gasteiger partial charge in [0.05, 0.1) is 10.2 Å². The van der Waals surface area contributed by atoms with Gasteiger partial charge in [-0.25, -0.2) is 10.4 Å². The Morgan fingerprint density at radius 1 is 1.43 bits per heavy atom. The Labute approximate surface area is 140 Å². The van der Waals surface area contributed by atoms with E-state index in [2.05, 4.69) is 27.8 Å². The number of rotatable bonds is 4. The lowest BCUT2D eigenvalue weighted by atomic mass is 9.89. The Bertz CT molecular complexity index is 691. The number of nitrogens with one attached hydrogen (secondary N) is 2. The van der Waals surface area contributed by atoms with Gasteiger partial charge in [0.1, 0.15) is 6.04 Å². The number of thiazole rings is 1. The van der Waals surface area contributed by atoms with Gasteiger partial charge in [-0.2, -0.15) is 5.10 Å². The van der Waals surface area contributed by atoms with Crippen molar-refractivity contribution < 1.29 is 4.79 Å². The van der Waals surface area contributed by atoms with E-state index in [1.807, 2.05) is 31.2 Å². The van der Waals surface area contributed by atoms with Crippen LogP contribution in [0.3, 0.4) is 0 Å². The molecule has 23 heavy (non-hydrogen) atoms. The van der Waals surface area contributed by atoms with E-state index in [0.717, 1.165) is 40.3 Å². The van der Waals surface area contributed by atoms with Crippen molar-refractivity contribution in [3.8, 4) is 0 Å². The third-order valence-electron chi connectivity index (χ3n) is 4.10. The zero-order chi connectivity index (χ0) is 16.2. The molecule has 1 aromatic carbocycles. The van der Waals surface area contributed by atoms with E-state index in [-0.39, 0.29) is 11.9 Å². The van der Waals surface area contributed by atoms with Crippen LogP contribution in [0.4, 0.5) is 5.13 Å². The molecule has 2 atom stereocenters. The highest BCUT2D eigenvalue weighted by atomic mass is 32.1. The molecule has 1 fully saturated rings. The van der Waals surface area contributed by atoms with E-state index in [1.165, 1.54) is 6.42 Å². The predicted molar refractivity (Wildman–Crippen MR) is 95.9 cm³/mol. The molecule has 122 valence electrons. The highest BCUT2D eigenvalue weighted by Gasteiger charge is 2.17. The van der Waals surface area contributed by atoms with E-state index in [1.54, 1.807) is 11.3 Å². The highest BCUT2D eigenvalue weighted by Crippen LogP contribution is 2.25. The Morgan fingerprint density at radius 3 is 3.04 bits per heavy atom. The first-order valence-corrected chi connectivity index (χ1v) is 8.91. The molecule has 0 spiro atoms. The van der Waals surface area contributed by atoms with Gasteiger partial charge < -0.3 is 5.32 Å². The van der Waals surface area contributed by atoms with Gasteiger partial charge >= 0.3 is 0 Å². The summed E-state index contributed by atoms with van der Waals surface area (Å²) < 4.78 is 1.11. The standard InChI is InChI=1S/C17H22N4OS/c1-11-6-5-7-13(10-11)20-21-16(22)12(2)18-17-19-14-8-3-4-9-15(14)23-17/h3-4,8-9,11-12H,5-7,10H2,1-2H3,(H,18,19)(H,21,22)/b20-13+/t11-,12+/m0/s1. The summed E-state index contributed by atoms with van der Waals surface area (Å²) in [5, 5.41) is 8.21. The first kappa shape index (κ1) is 15.9. The normalized spacial score (nSPS) is 21.3. The summed E-state index contributed by atoms with van der Waals surface area (Å²) in [6.07, 6.45) is 4.39. The van der Waals surface area contributed by atoms with Gasteiger partial charge in [0.15, 0.2) is 5.13 Å². The van der Waals surface area contributed by atoms with Crippen LogP contribution in [0.15, 0.2) is 29.4 Å². The average Bonchev–Trinajstić information content (AvgIpc) is 2.94. The first-order chi connectivity index (χ1) is 11.1. The highest BCUT2D eigenvalue weighted by molar-refractivity contribution is 7.22. The topological polar surface area (TPSA) is 66.4 Å². The maximum Gasteiger partial charge on any atom is 0.262 e. The molecule has 2 aromatic rings. The molecule has 3 rings (SSSR count). The molecule has 1 aliphatic carbocycles. The molecule has 5 nitrogen and oxygen atoms in total. The van der Waals surface area contributed by atoms with E-state index < -0.39 is 0 Å².